The van der Waals surface area contributed by atoms with Gasteiger partial charge in [-0.2, -0.15) is 0 Å². The van der Waals surface area contributed by atoms with Crippen molar-refractivity contribution in [3.05, 3.63) is 73.8 Å². The molecule has 9 heteroatoms. The SMILES string of the molecule is Cc1ccc(CS(=O)(=O)c2ccc([N+](=O)[O-])cc2[N+](=O)[O-])cc1. The van der Waals surface area contributed by atoms with Crippen LogP contribution in [0.25, 0.3) is 0 Å². The van der Waals surface area contributed by atoms with Gasteiger partial charge in [-0.1, -0.05) is 29.8 Å². The number of nitro groups is 2. The Bertz CT molecular complexity index is 875. The summed E-state index contributed by atoms with van der Waals surface area (Å²) in [5.74, 6) is -0.425. The second kappa shape index (κ2) is 6.13. The highest BCUT2D eigenvalue weighted by molar-refractivity contribution is 7.90. The van der Waals surface area contributed by atoms with Crippen LogP contribution in [-0.2, 0) is 15.6 Å². The standard InChI is InChI=1S/C14H12N2O6S/c1-10-2-4-11(5-3-10)9-23(21,22)14-7-6-12(15(17)18)8-13(14)16(19)20/h2-8H,9H2,1H3. The molecule has 0 saturated heterocycles. The van der Waals surface area contributed by atoms with Crippen molar-refractivity contribution in [2.45, 2.75) is 17.6 Å². The summed E-state index contributed by atoms with van der Waals surface area (Å²) in [6, 6.07) is 9.19. The summed E-state index contributed by atoms with van der Waals surface area (Å²) in [6.07, 6.45) is 0. The maximum Gasteiger partial charge on any atom is 0.294 e. The molecule has 0 saturated carbocycles. The largest absolute Gasteiger partial charge is 0.294 e. The topological polar surface area (TPSA) is 120 Å². The van der Waals surface area contributed by atoms with Gasteiger partial charge in [0, 0.05) is 6.07 Å². The Morgan fingerprint density at radius 3 is 2.09 bits per heavy atom. The predicted octanol–water partition coefficient (Wildman–Crippen LogP) is 2.79. The van der Waals surface area contributed by atoms with E-state index in [2.05, 4.69) is 0 Å². The Labute approximate surface area is 131 Å². The number of rotatable bonds is 5. The molecule has 120 valence electrons. The molecule has 0 unspecified atom stereocenters. The first-order valence-corrected chi connectivity index (χ1v) is 8.07. The molecule has 0 radical (unpaired) electrons. The first-order valence-electron chi connectivity index (χ1n) is 6.42. The van der Waals surface area contributed by atoms with Gasteiger partial charge in [-0.05, 0) is 18.6 Å². The van der Waals surface area contributed by atoms with Gasteiger partial charge in [0.25, 0.3) is 11.4 Å². The number of non-ortho nitro benzene ring substituents is 1. The van der Waals surface area contributed by atoms with Gasteiger partial charge in [-0.3, -0.25) is 20.2 Å². The molecule has 0 atom stereocenters. The van der Waals surface area contributed by atoms with Crippen LogP contribution in [0, 0.1) is 27.2 Å². The van der Waals surface area contributed by atoms with Crippen LogP contribution < -0.4 is 0 Å². The molecular weight excluding hydrogens is 324 g/mol. The van der Waals surface area contributed by atoms with Crippen molar-refractivity contribution in [3.8, 4) is 0 Å². The monoisotopic (exact) mass is 336 g/mol. The minimum absolute atomic E-state index is 0.425. The van der Waals surface area contributed by atoms with Crippen molar-refractivity contribution in [2.75, 3.05) is 0 Å². The number of nitrogens with zero attached hydrogens (tertiary/aromatic N) is 2. The van der Waals surface area contributed by atoms with Gasteiger partial charge in [0.15, 0.2) is 9.84 Å². The van der Waals surface area contributed by atoms with Crippen LogP contribution in [0.1, 0.15) is 11.1 Å². The van der Waals surface area contributed by atoms with Crippen molar-refractivity contribution >= 4 is 21.2 Å². The average molecular weight is 336 g/mol. The number of nitro benzene ring substituents is 2. The van der Waals surface area contributed by atoms with Gasteiger partial charge in [0.1, 0.15) is 4.90 Å². The fourth-order valence-electron chi connectivity index (χ4n) is 2.01. The van der Waals surface area contributed by atoms with E-state index >= 15 is 0 Å². The lowest BCUT2D eigenvalue weighted by atomic mass is 10.2. The molecule has 0 heterocycles. The highest BCUT2D eigenvalue weighted by Gasteiger charge is 2.28. The van der Waals surface area contributed by atoms with Gasteiger partial charge in [-0.25, -0.2) is 8.42 Å². The van der Waals surface area contributed by atoms with Gasteiger partial charge < -0.3 is 0 Å². The summed E-state index contributed by atoms with van der Waals surface area (Å²) in [5.41, 5.74) is 0.0908. The quantitative estimate of drug-likeness (QED) is 0.611. The minimum atomic E-state index is -4.01. The molecule has 2 aromatic carbocycles. The zero-order chi connectivity index (χ0) is 17.2. The van der Waals surface area contributed by atoms with E-state index < -0.39 is 41.7 Å². The van der Waals surface area contributed by atoms with E-state index in [1.807, 2.05) is 6.92 Å². The Balaban J connectivity index is 2.48. The summed E-state index contributed by atoms with van der Waals surface area (Å²) in [7, 11) is -4.01. The summed E-state index contributed by atoms with van der Waals surface area (Å²) in [6.45, 7) is 1.85. The lowest BCUT2D eigenvalue weighted by Crippen LogP contribution is -2.08. The molecule has 0 aliphatic heterocycles. The molecule has 2 rings (SSSR count). The van der Waals surface area contributed by atoms with Crippen LogP contribution in [0.15, 0.2) is 47.4 Å². The fraction of sp³-hybridized carbons (Fsp3) is 0.143. The molecule has 0 amide bonds. The molecule has 0 bridgehead atoms. The summed E-state index contributed by atoms with van der Waals surface area (Å²) in [5, 5.41) is 21.8. The molecule has 0 aliphatic carbocycles. The predicted molar refractivity (Wildman–Crippen MR) is 81.8 cm³/mol. The smallest absolute Gasteiger partial charge is 0.258 e. The van der Waals surface area contributed by atoms with Crippen molar-refractivity contribution in [2.24, 2.45) is 0 Å². The number of sulfone groups is 1. The van der Waals surface area contributed by atoms with Gasteiger partial charge in [0.05, 0.1) is 21.7 Å². The van der Waals surface area contributed by atoms with E-state index in [1.165, 1.54) is 0 Å². The highest BCUT2D eigenvalue weighted by Crippen LogP contribution is 2.30. The third-order valence-corrected chi connectivity index (χ3v) is 4.89. The maximum atomic E-state index is 12.4. The van der Waals surface area contributed by atoms with Crippen molar-refractivity contribution in [1.29, 1.82) is 0 Å². The number of hydrogen-bond donors (Lipinski definition) is 0. The highest BCUT2D eigenvalue weighted by atomic mass is 32.2. The Morgan fingerprint density at radius 2 is 1.57 bits per heavy atom. The van der Waals surface area contributed by atoms with Gasteiger partial charge >= 0.3 is 0 Å². The molecule has 0 spiro atoms. The molecule has 23 heavy (non-hydrogen) atoms. The summed E-state index contributed by atoms with van der Waals surface area (Å²) < 4.78 is 24.8. The van der Waals surface area contributed by atoms with Crippen molar-refractivity contribution in [3.63, 3.8) is 0 Å². The fourth-order valence-corrected chi connectivity index (χ4v) is 3.52. The maximum absolute atomic E-state index is 12.4. The number of hydrogen-bond acceptors (Lipinski definition) is 6. The van der Waals surface area contributed by atoms with E-state index in [4.69, 9.17) is 0 Å². The Kier molecular flexibility index (Phi) is 4.41. The molecule has 0 N–H and O–H groups in total. The second-order valence-electron chi connectivity index (χ2n) is 4.91. The second-order valence-corrected chi connectivity index (χ2v) is 6.87. The first-order chi connectivity index (χ1) is 10.7. The van der Waals surface area contributed by atoms with E-state index in [0.717, 1.165) is 17.7 Å². The van der Waals surface area contributed by atoms with Gasteiger partial charge in [0.2, 0.25) is 0 Å². The average Bonchev–Trinajstić information content (AvgIpc) is 2.48. The van der Waals surface area contributed by atoms with E-state index in [0.29, 0.717) is 11.6 Å². The lowest BCUT2D eigenvalue weighted by molar-refractivity contribution is -0.396. The van der Waals surface area contributed by atoms with Crippen LogP contribution in [0.2, 0.25) is 0 Å². The number of benzene rings is 2. The normalized spacial score (nSPS) is 11.2. The van der Waals surface area contributed by atoms with E-state index in [9.17, 15) is 28.6 Å². The van der Waals surface area contributed by atoms with Crippen molar-refractivity contribution < 1.29 is 18.3 Å². The van der Waals surface area contributed by atoms with E-state index in [1.54, 1.807) is 24.3 Å². The van der Waals surface area contributed by atoms with Crippen LogP contribution in [0.5, 0.6) is 0 Å². The van der Waals surface area contributed by atoms with Crippen molar-refractivity contribution in [1.82, 2.24) is 0 Å². The molecule has 2 aromatic rings. The molecule has 8 nitrogen and oxygen atoms in total. The van der Waals surface area contributed by atoms with Crippen LogP contribution >= 0.6 is 0 Å². The zero-order valence-electron chi connectivity index (χ0n) is 12.0. The van der Waals surface area contributed by atoms with Gasteiger partial charge in [-0.15, -0.1) is 0 Å². The van der Waals surface area contributed by atoms with Crippen LogP contribution in [-0.4, -0.2) is 18.3 Å². The first kappa shape index (κ1) is 16.6. The Hall–Kier alpha value is -2.81. The zero-order valence-corrected chi connectivity index (χ0v) is 12.8. The third-order valence-electron chi connectivity index (χ3n) is 3.16. The molecule has 0 fully saturated rings. The van der Waals surface area contributed by atoms with E-state index in [-0.39, 0.29) is 0 Å². The lowest BCUT2D eigenvalue weighted by Gasteiger charge is -2.06. The third kappa shape index (κ3) is 3.69. The summed E-state index contributed by atoms with van der Waals surface area (Å²) in [4.78, 5) is 19.5. The molecular formula is C14H12N2O6S. The summed E-state index contributed by atoms with van der Waals surface area (Å²) >= 11 is 0. The molecule has 0 aromatic heterocycles. The minimum Gasteiger partial charge on any atom is -0.258 e. The van der Waals surface area contributed by atoms with Crippen LogP contribution in [0.3, 0.4) is 0 Å². The Morgan fingerprint density at radius 1 is 0.957 bits per heavy atom. The number of aryl methyl sites for hydroxylation is 1. The van der Waals surface area contributed by atoms with Crippen LogP contribution in [0.4, 0.5) is 11.4 Å². The molecule has 0 aliphatic rings.